The molecular weight excluding hydrogens is 553 g/mol. The van der Waals surface area contributed by atoms with Crippen LogP contribution in [0.25, 0.3) is 0 Å². The molecule has 4 aromatic heterocycles. The highest BCUT2D eigenvalue weighted by atomic mass is 32.1. The van der Waals surface area contributed by atoms with Gasteiger partial charge in [-0.1, -0.05) is 69.6 Å². The molecule has 1 aromatic carbocycles. The van der Waals surface area contributed by atoms with Gasteiger partial charge < -0.3 is 20.4 Å². The molecule has 0 aliphatic carbocycles. The van der Waals surface area contributed by atoms with Gasteiger partial charge >= 0.3 is 19.5 Å². The van der Waals surface area contributed by atoms with Crippen LogP contribution in [0.2, 0.25) is 0 Å². The molecule has 0 aliphatic rings. The molecule has 0 atom stereocenters. The lowest BCUT2D eigenvalue weighted by molar-refractivity contribution is 0.336. The molecule has 5 aromatic rings. The predicted molar refractivity (Wildman–Crippen MR) is 134 cm³/mol. The normalized spacial score (nSPS) is 11.6. The Labute approximate surface area is 214 Å². The molecule has 4 heterocycles. The topological polar surface area (TPSA) is 169 Å². The summed E-state index contributed by atoms with van der Waals surface area (Å²) in [6, 6.07) is 5.90. The number of thiazole rings is 4. The van der Waals surface area contributed by atoms with Crippen molar-refractivity contribution in [2.45, 2.75) is 12.3 Å². The van der Waals surface area contributed by atoms with Crippen LogP contribution in [0.1, 0.15) is 23.5 Å². The molecule has 0 radical (unpaired) electrons. The van der Waals surface area contributed by atoms with Crippen LogP contribution in [-0.2, 0) is 0 Å². The van der Waals surface area contributed by atoms with Crippen LogP contribution in [0.15, 0.2) is 65.0 Å². The van der Waals surface area contributed by atoms with E-state index in [-0.39, 0.29) is 0 Å². The third kappa shape index (κ3) is 3.79. The minimum Gasteiger partial charge on any atom is -0.494 e. The Morgan fingerprint density at radius 1 is 0.472 bits per heavy atom. The van der Waals surface area contributed by atoms with E-state index in [2.05, 4.69) is 0 Å². The van der Waals surface area contributed by atoms with Gasteiger partial charge in [0.05, 0.1) is 21.5 Å². The number of aromatic hydroxyl groups is 4. The van der Waals surface area contributed by atoms with E-state index in [1.807, 2.05) is 0 Å². The number of nitrogens with zero attached hydrogens (tertiary/aromatic N) is 4. The van der Waals surface area contributed by atoms with Gasteiger partial charge in [-0.2, -0.15) is 0 Å². The summed E-state index contributed by atoms with van der Waals surface area (Å²) >= 11 is 2.83. The smallest absolute Gasteiger partial charge is 0.312 e. The van der Waals surface area contributed by atoms with Gasteiger partial charge in [0.2, 0.25) is 23.5 Å². The zero-order valence-electron chi connectivity index (χ0n) is 17.6. The first-order valence-corrected chi connectivity index (χ1v) is 13.4. The molecular formula is C20H14N4O8S4. The molecule has 0 saturated carbocycles. The second-order valence-electron chi connectivity index (χ2n) is 7.33. The Morgan fingerprint density at radius 3 is 0.861 bits per heavy atom. The maximum atomic E-state index is 12.5. The van der Waals surface area contributed by atoms with Crippen LogP contribution in [0.4, 0.5) is 0 Å². The van der Waals surface area contributed by atoms with Gasteiger partial charge in [0, 0.05) is 0 Å². The van der Waals surface area contributed by atoms with Gasteiger partial charge in [-0.15, -0.1) is 0 Å². The van der Waals surface area contributed by atoms with E-state index in [1.165, 1.54) is 45.8 Å². The first kappa shape index (κ1) is 23.9. The van der Waals surface area contributed by atoms with Crippen LogP contribution in [0.3, 0.4) is 0 Å². The number of benzene rings is 1. The lowest BCUT2D eigenvalue weighted by atomic mass is 10.1. The number of hydrogen-bond donors (Lipinski definition) is 4. The number of rotatable bonds is 6. The van der Waals surface area contributed by atoms with Crippen LogP contribution < -0.4 is 19.5 Å². The molecule has 0 spiro atoms. The van der Waals surface area contributed by atoms with Crippen molar-refractivity contribution in [3.63, 3.8) is 0 Å². The lowest BCUT2D eigenvalue weighted by Gasteiger charge is -2.23. The molecule has 186 valence electrons. The highest BCUT2D eigenvalue weighted by Gasteiger charge is 2.28. The molecule has 12 nitrogen and oxygen atoms in total. The molecule has 0 bridgehead atoms. The minimum atomic E-state index is -1.25. The van der Waals surface area contributed by atoms with Crippen LogP contribution in [-0.4, -0.2) is 38.7 Å². The summed E-state index contributed by atoms with van der Waals surface area (Å²) in [5, 5.41) is 46.0. The van der Waals surface area contributed by atoms with E-state index in [9.17, 15) is 39.6 Å². The Bertz CT molecular complexity index is 1560. The summed E-state index contributed by atoms with van der Waals surface area (Å²) in [7, 11) is 0. The predicted octanol–water partition coefficient (Wildman–Crippen LogP) is 1.59. The van der Waals surface area contributed by atoms with E-state index >= 15 is 0 Å². The maximum Gasteiger partial charge on any atom is 0.312 e. The second-order valence-corrected chi connectivity index (χ2v) is 10.6. The number of aromatic nitrogens is 4. The van der Waals surface area contributed by atoms with Crippen molar-refractivity contribution >= 4 is 45.3 Å². The Kier molecular flexibility index (Phi) is 5.95. The van der Waals surface area contributed by atoms with Crippen LogP contribution in [0.5, 0.6) is 23.5 Å². The van der Waals surface area contributed by atoms with Crippen LogP contribution in [0, 0.1) is 0 Å². The largest absolute Gasteiger partial charge is 0.494 e. The van der Waals surface area contributed by atoms with Crippen molar-refractivity contribution in [1.82, 2.24) is 18.3 Å². The summed E-state index contributed by atoms with van der Waals surface area (Å²) in [5.41, 5.74) is 0.598. The Hall–Kier alpha value is -3.86. The van der Waals surface area contributed by atoms with E-state index in [0.29, 0.717) is 56.5 Å². The Morgan fingerprint density at radius 2 is 0.694 bits per heavy atom. The fourth-order valence-corrected chi connectivity index (χ4v) is 6.32. The van der Waals surface area contributed by atoms with E-state index < -0.39 is 55.3 Å². The van der Waals surface area contributed by atoms with Crippen molar-refractivity contribution in [3.8, 4) is 23.5 Å². The van der Waals surface area contributed by atoms with Gasteiger partial charge in [0.15, 0.2) is 12.3 Å². The molecule has 0 fully saturated rings. The summed E-state index contributed by atoms with van der Waals surface area (Å²) in [4.78, 5) is 47.7. The van der Waals surface area contributed by atoms with E-state index in [1.54, 1.807) is 0 Å². The highest BCUT2D eigenvalue weighted by Crippen LogP contribution is 2.32. The molecule has 36 heavy (non-hydrogen) atoms. The standard InChI is InChI=1S/C20H14N4O8S4/c25-11-5-33-17(29)21(11)15(22-12(26)6-34-18(22)30)9-1-2-10(4-3-9)16(23-13(27)7-35-19(23)31)24-14(28)8-36-20(24)32/h1-8,15-16,25-28H. The van der Waals surface area contributed by atoms with E-state index in [0.717, 1.165) is 18.3 Å². The SMILES string of the molecule is O=c1scc(O)n1C(c1ccc(C(n2c(O)csc2=O)n2c(O)csc2=O)cc1)n1c(O)csc1=O. The molecule has 0 aliphatic heterocycles. The average Bonchev–Trinajstić information content (AvgIpc) is 3.57. The average molecular weight is 567 g/mol. The first-order chi connectivity index (χ1) is 17.2. The second kappa shape index (κ2) is 8.98. The first-order valence-electron chi connectivity index (χ1n) is 9.85. The third-order valence-electron chi connectivity index (χ3n) is 5.35. The van der Waals surface area contributed by atoms with Gasteiger partial charge in [0.25, 0.3) is 0 Å². The van der Waals surface area contributed by atoms with Crippen molar-refractivity contribution in [2.75, 3.05) is 0 Å². The lowest BCUT2D eigenvalue weighted by Crippen LogP contribution is -2.32. The van der Waals surface area contributed by atoms with Crippen molar-refractivity contribution in [1.29, 1.82) is 0 Å². The quantitative estimate of drug-likeness (QED) is 0.240. The zero-order chi connectivity index (χ0) is 25.7. The fraction of sp³-hybridized carbons (Fsp3) is 0.100. The minimum absolute atomic E-state index is 0.299. The molecule has 0 unspecified atom stereocenters. The monoisotopic (exact) mass is 566 g/mol. The summed E-state index contributed by atoms with van der Waals surface area (Å²) < 4.78 is 3.76. The third-order valence-corrected chi connectivity index (χ3v) is 8.25. The van der Waals surface area contributed by atoms with Crippen LogP contribution >= 0.6 is 45.3 Å². The molecule has 16 heteroatoms. The van der Waals surface area contributed by atoms with Gasteiger partial charge in [0.1, 0.15) is 0 Å². The molecule has 0 amide bonds. The van der Waals surface area contributed by atoms with Gasteiger partial charge in [-0.3, -0.25) is 19.2 Å². The van der Waals surface area contributed by atoms with Crippen molar-refractivity contribution < 1.29 is 20.4 Å². The summed E-state index contributed by atoms with van der Waals surface area (Å²) in [6.45, 7) is 0. The summed E-state index contributed by atoms with van der Waals surface area (Å²) in [6.07, 6.45) is -2.49. The highest BCUT2D eigenvalue weighted by molar-refractivity contribution is 7.08. The maximum absolute atomic E-state index is 12.5. The van der Waals surface area contributed by atoms with Crippen molar-refractivity contribution in [3.05, 3.63) is 95.6 Å². The van der Waals surface area contributed by atoms with Gasteiger partial charge in [-0.25, -0.2) is 18.3 Å². The molecule has 0 saturated heterocycles. The summed E-state index contributed by atoms with van der Waals surface area (Å²) in [5.74, 6) is -1.67. The fourth-order valence-electron chi connectivity index (χ4n) is 3.81. The van der Waals surface area contributed by atoms with E-state index in [4.69, 9.17) is 0 Å². The Balaban J connectivity index is 1.70. The molecule has 5 rings (SSSR count). The van der Waals surface area contributed by atoms with Crippen molar-refractivity contribution in [2.24, 2.45) is 0 Å². The molecule has 4 N–H and O–H groups in total. The number of hydrogen-bond acceptors (Lipinski definition) is 12. The zero-order valence-corrected chi connectivity index (χ0v) is 20.9. The van der Waals surface area contributed by atoms with Gasteiger partial charge in [-0.05, 0) is 11.1 Å².